The van der Waals surface area contributed by atoms with Gasteiger partial charge in [-0.2, -0.15) is 0 Å². The Hall–Kier alpha value is -1.70. The number of methoxy groups -OCH3 is 1. The Labute approximate surface area is 155 Å². The predicted molar refractivity (Wildman–Crippen MR) is 101 cm³/mol. The molecule has 1 aliphatic heterocycles. The highest BCUT2D eigenvalue weighted by atomic mass is 32.2. The van der Waals surface area contributed by atoms with Crippen LogP contribution in [0.4, 0.5) is 0 Å². The van der Waals surface area contributed by atoms with Crippen molar-refractivity contribution in [2.75, 3.05) is 26.0 Å². The molecule has 3 rings (SSSR count). The van der Waals surface area contributed by atoms with E-state index < -0.39 is 9.84 Å². The lowest BCUT2D eigenvalue weighted by Gasteiger charge is -2.31. The van der Waals surface area contributed by atoms with Gasteiger partial charge in [0.05, 0.1) is 30.3 Å². The van der Waals surface area contributed by atoms with Crippen LogP contribution in [0.15, 0.2) is 41.7 Å². The molecule has 142 valence electrons. The summed E-state index contributed by atoms with van der Waals surface area (Å²) < 4.78 is 32.3. The Morgan fingerprint density at radius 1 is 1.15 bits per heavy atom. The number of benzene rings is 1. The van der Waals surface area contributed by atoms with E-state index in [0.29, 0.717) is 19.2 Å². The Bertz CT molecular complexity index is 810. The molecule has 6 nitrogen and oxygen atoms in total. The number of hydrogen-bond donors (Lipinski definition) is 0. The fourth-order valence-corrected chi connectivity index (χ4v) is 4.35. The first kappa shape index (κ1) is 19.1. The van der Waals surface area contributed by atoms with Crippen LogP contribution in [0.5, 0.6) is 0 Å². The second-order valence-electron chi connectivity index (χ2n) is 6.72. The molecule has 1 saturated heterocycles. The molecule has 0 unspecified atom stereocenters. The third-order valence-corrected chi connectivity index (χ3v) is 6.64. The summed E-state index contributed by atoms with van der Waals surface area (Å²) in [5, 5.41) is 0.172. The van der Waals surface area contributed by atoms with E-state index in [-0.39, 0.29) is 10.9 Å². The van der Waals surface area contributed by atoms with Gasteiger partial charge in [-0.3, -0.25) is 4.90 Å². The maximum atomic E-state index is 12.5. The van der Waals surface area contributed by atoms with Crippen LogP contribution in [0.25, 0.3) is 0 Å². The van der Waals surface area contributed by atoms with Crippen molar-refractivity contribution in [3.05, 3.63) is 47.8 Å². The highest BCUT2D eigenvalue weighted by molar-refractivity contribution is 7.91. The largest absolute Gasteiger partial charge is 0.381 e. The number of aromatic nitrogens is 2. The Morgan fingerprint density at radius 2 is 1.85 bits per heavy atom. The van der Waals surface area contributed by atoms with E-state index in [1.54, 1.807) is 20.2 Å². The van der Waals surface area contributed by atoms with Gasteiger partial charge in [0, 0.05) is 26.7 Å². The second-order valence-corrected chi connectivity index (χ2v) is 8.89. The molecule has 0 N–H and O–H groups in total. The number of imidazole rings is 1. The molecular formula is C19H27N3O3S. The van der Waals surface area contributed by atoms with Crippen LogP contribution in [0.2, 0.25) is 0 Å². The number of ether oxygens (including phenoxy) is 1. The summed E-state index contributed by atoms with van der Waals surface area (Å²) in [7, 11) is -1.61. The lowest BCUT2D eigenvalue weighted by atomic mass is 10.1. The highest BCUT2D eigenvalue weighted by Crippen LogP contribution is 2.20. The first-order valence-electron chi connectivity index (χ1n) is 9.09. The van der Waals surface area contributed by atoms with Gasteiger partial charge in [0.15, 0.2) is 0 Å². The lowest BCUT2D eigenvalue weighted by molar-refractivity contribution is 0.0382. The standard InChI is InChI=1S/C19H27N3O3S/c1-3-26(23,24)19-20-13-17(15-21-11-9-18(25-2)10-12-21)22(19)14-16-7-5-4-6-8-16/h4-8,13,18H,3,9-12,14-15H2,1-2H3. The number of likely N-dealkylation sites (tertiary alicyclic amines) is 1. The highest BCUT2D eigenvalue weighted by Gasteiger charge is 2.24. The quantitative estimate of drug-likeness (QED) is 0.741. The molecule has 26 heavy (non-hydrogen) atoms. The molecule has 0 radical (unpaired) electrons. The summed E-state index contributed by atoms with van der Waals surface area (Å²) in [5.41, 5.74) is 2.01. The molecule has 1 aliphatic rings. The van der Waals surface area contributed by atoms with Gasteiger partial charge >= 0.3 is 0 Å². The SMILES string of the molecule is CCS(=O)(=O)c1ncc(CN2CCC(OC)CC2)n1Cc1ccccc1. The average Bonchev–Trinajstić information content (AvgIpc) is 3.06. The average molecular weight is 378 g/mol. The van der Waals surface area contributed by atoms with Crippen molar-refractivity contribution in [2.45, 2.75) is 44.1 Å². The molecule has 2 aromatic rings. The van der Waals surface area contributed by atoms with Crippen LogP contribution in [-0.4, -0.2) is 54.9 Å². The summed E-state index contributed by atoms with van der Waals surface area (Å²) >= 11 is 0. The molecule has 7 heteroatoms. The van der Waals surface area contributed by atoms with Gasteiger partial charge in [0.25, 0.3) is 0 Å². The Balaban J connectivity index is 1.85. The van der Waals surface area contributed by atoms with Gasteiger partial charge in [0.2, 0.25) is 15.0 Å². The number of sulfone groups is 1. The molecule has 1 aromatic heterocycles. The fourth-order valence-electron chi connectivity index (χ4n) is 3.36. The van der Waals surface area contributed by atoms with Gasteiger partial charge in [-0.05, 0) is 18.4 Å². The van der Waals surface area contributed by atoms with E-state index in [2.05, 4.69) is 9.88 Å². The molecule has 1 fully saturated rings. The second kappa shape index (κ2) is 8.33. The zero-order valence-electron chi connectivity index (χ0n) is 15.5. The van der Waals surface area contributed by atoms with Gasteiger partial charge in [-0.15, -0.1) is 0 Å². The minimum absolute atomic E-state index is 0.0531. The van der Waals surface area contributed by atoms with Crippen LogP contribution >= 0.6 is 0 Å². The van der Waals surface area contributed by atoms with Crippen LogP contribution < -0.4 is 0 Å². The third-order valence-electron chi connectivity index (χ3n) is 5.00. The van der Waals surface area contributed by atoms with E-state index in [1.807, 2.05) is 34.9 Å². The first-order chi connectivity index (χ1) is 12.5. The van der Waals surface area contributed by atoms with Crippen molar-refractivity contribution < 1.29 is 13.2 Å². The zero-order chi connectivity index (χ0) is 18.6. The van der Waals surface area contributed by atoms with Crippen LogP contribution in [0, 0.1) is 0 Å². The molecule has 2 heterocycles. The molecule has 0 atom stereocenters. The van der Waals surface area contributed by atoms with E-state index in [1.165, 1.54) is 0 Å². The zero-order valence-corrected chi connectivity index (χ0v) is 16.3. The molecule has 0 spiro atoms. The van der Waals surface area contributed by atoms with Gasteiger partial charge in [-0.25, -0.2) is 13.4 Å². The third kappa shape index (κ3) is 4.34. The number of hydrogen-bond acceptors (Lipinski definition) is 5. The molecule has 0 saturated carbocycles. The minimum Gasteiger partial charge on any atom is -0.381 e. The van der Waals surface area contributed by atoms with Crippen molar-refractivity contribution >= 4 is 9.84 Å². The Morgan fingerprint density at radius 3 is 2.46 bits per heavy atom. The van der Waals surface area contributed by atoms with Crippen molar-refractivity contribution in [1.29, 1.82) is 0 Å². The molecule has 0 aliphatic carbocycles. The molecular weight excluding hydrogens is 350 g/mol. The predicted octanol–water partition coefficient (Wildman–Crippen LogP) is 2.34. The Kier molecular flexibility index (Phi) is 6.11. The van der Waals surface area contributed by atoms with Crippen LogP contribution in [0.3, 0.4) is 0 Å². The first-order valence-corrected chi connectivity index (χ1v) is 10.7. The van der Waals surface area contributed by atoms with Crippen LogP contribution in [0.1, 0.15) is 31.0 Å². The summed E-state index contributed by atoms with van der Waals surface area (Å²) in [6, 6.07) is 9.92. The minimum atomic E-state index is -3.37. The summed E-state index contributed by atoms with van der Waals surface area (Å²) in [5.74, 6) is 0.0531. The maximum Gasteiger partial charge on any atom is 0.228 e. The fraction of sp³-hybridized carbons (Fsp3) is 0.526. The smallest absolute Gasteiger partial charge is 0.228 e. The summed E-state index contributed by atoms with van der Waals surface area (Å²) in [4.78, 5) is 6.62. The van der Waals surface area contributed by atoms with E-state index in [0.717, 1.165) is 37.2 Å². The number of nitrogens with zero attached hydrogens (tertiary/aromatic N) is 3. The van der Waals surface area contributed by atoms with Crippen LogP contribution in [-0.2, 0) is 27.7 Å². The summed E-state index contributed by atoms with van der Waals surface area (Å²) in [6.45, 7) is 4.77. The number of rotatable bonds is 7. The number of piperidine rings is 1. The topological polar surface area (TPSA) is 64.4 Å². The van der Waals surface area contributed by atoms with Gasteiger partial charge in [0.1, 0.15) is 0 Å². The molecule has 1 aromatic carbocycles. The van der Waals surface area contributed by atoms with Gasteiger partial charge < -0.3 is 9.30 Å². The van der Waals surface area contributed by atoms with Crippen molar-refractivity contribution in [3.8, 4) is 0 Å². The van der Waals surface area contributed by atoms with Crippen molar-refractivity contribution in [1.82, 2.24) is 14.5 Å². The normalized spacial score (nSPS) is 16.8. The summed E-state index contributed by atoms with van der Waals surface area (Å²) in [6.07, 6.45) is 4.05. The van der Waals surface area contributed by atoms with Crippen molar-refractivity contribution in [2.24, 2.45) is 0 Å². The monoisotopic (exact) mass is 377 g/mol. The van der Waals surface area contributed by atoms with E-state index in [9.17, 15) is 8.42 Å². The van der Waals surface area contributed by atoms with Gasteiger partial charge in [-0.1, -0.05) is 37.3 Å². The van der Waals surface area contributed by atoms with E-state index in [4.69, 9.17) is 4.74 Å². The van der Waals surface area contributed by atoms with Crippen molar-refractivity contribution in [3.63, 3.8) is 0 Å². The lowest BCUT2D eigenvalue weighted by Crippen LogP contribution is -2.36. The van der Waals surface area contributed by atoms with E-state index >= 15 is 0 Å². The maximum absolute atomic E-state index is 12.5. The molecule has 0 amide bonds. The molecule has 0 bridgehead atoms.